The largest absolute Gasteiger partial charge is 0.303 e. The average Bonchev–Trinajstić information content (AvgIpc) is 2.38. The minimum absolute atomic E-state index is 0.461. The zero-order valence-electron chi connectivity index (χ0n) is 13.3. The highest BCUT2D eigenvalue weighted by Crippen LogP contribution is 2.40. The van der Waals surface area contributed by atoms with Crippen LogP contribution in [0.25, 0.3) is 0 Å². The maximum Gasteiger partial charge on any atom is 0.147 e. The van der Waals surface area contributed by atoms with Crippen molar-refractivity contribution in [3.63, 3.8) is 0 Å². The molecular formula is C17H30N2O. The van der Waals surface area contributed by atoms with E-state index in [1.165, 1.54) is 32.2 Å². The van der Waals surface area contributed by atoms with E-state index in [1.54, 1.807) is 0 Å². The second-order valence-corrected chi connectivity index (χ2v) is 7.79. The summed E-state index contributed by atoms with van der Waals surface area (Å²) in [6.07, 6.45) is 6.17. The van der Waals surface area contributed by atoms with Crippen molar-refractivity contribution >= 4 is 5.78 Å². The SMILES string of the molecule is CC1CC(=O)CN(C2CCC3CN(C)C(C)CC3C2)C1. The second kappa shape index (κ2) is 5.76. The summed E-state index contributed by atoms with van der Waals surface area (Å²) in [4.78, 5) is 16.9. The quantitative estimate of drug-likeness (QED) is 0.736. The van der Waals surface area contributed by atoms with Crippen molar-refractivity contribution < 1.29 is 4.79 Å². The van der Waals surface area contributed by atoms with Gasteiger partial charge in [-0.25, -0.2) is 0 Å². The van der Waals surface area contributed by atoms with Gasteiger partial charge in [0, 0.05) is 31.6 Å². The van der Waals surface area contributed by atoms with Crippen molar-refractivity contribution in [3.05, 3.63) is 0 Å². The average molecular weight is 278 g/mol. The van der Waals surface area contributed by atoms with Crippen LogP contribution >= 0.6 is 0 Å². The van der Waals surface area contributed by atoms with Crippen LogP contribution in [0.3, 0.4) is 0 Å². The van der Waals surface area contributed by atoms with Gasteiger partial charge in [0.2, 0.25) is 0 Å². The fourth-order valence-electron chi connectivity index (χ4n) is 4.82. The number of ketones is 1. The maximum absolute atomic E-state index is 11.9. The number of fused-ring (bicyclic) bond motifs is 1. The summed E-state index contributed by atoms with van der Waals surface area (Å²) in [5.41, 5.74) is 0. The Morgan fingerprint density at radius 3 is 2.60 bits per heavy atom. The number of rotatable bonds is 1. The van der Waals surface area contributed by atoms with E-state index in [2.05, 4.69) is 30.7 Å². The van der Waals surface area contributed by atoms with Crippen molar-refractivity contribution in [2.45, 2.75) is 58.0 Å². The molecule has 1 aliphatic carbocycles. The van der Waals surface area contributed by atoms with Gasteiger partial charge in [-0.3, -0.25) is 9.69 Å². The van der Waals surface area contributed by atoms with E-state index in [-0.39, 0.29) is 0 Å². The van der Waals surface area contributed by atoms with E-state index in [9.17, 15) is 4.79 Å². The number of nitrogens with zero attached hydrogens (tertiary/aromatic N) is 2. The fraction of sp³-hybridized carbons (Fsp3) is 0.941. The second-order valence-electron chi connectivity index (χ2n) is 7.79. The highest BCUT2D eigenvalue weighted by molar-refractivity contribution is 5.81. The van der Waals surface area contributed by atoms with Gasteiger partial charge in [-0.15, -0.1) is 0 Å². The third kappa shape index (κ3) is 2.94. The van der Waals surface area contributed by atoms with Crippen molar-refractivity contribution in [1.82, 2.24) is 9.80 Å². The van der Waals surface area contributed by atoms with Crippen LogP contribution < -0.4 is 0 Å². The molecule has 0 bridgehead atoms. The van der Waals surface area contributed by atoms with Gasteiger partial charge in [0.1, 0.15) is 5.78 Å². The molecular weight excluding hydrogens is 248 g/mol. The zero-order chi connectivity index (χ0) is 14.3. The zero-order valence-corrected chi connectivity index (χ0v) is 13.3. The predicted octanol–water partition coefficient (Wildman–Crippen LogP) is 2.41. The number of carbonyl (C=O) groups excluding carboxylic acids is 1. The summed E-state index contributed by atoms with van der Waals surface area (Å²) >= 11 is 0. The Morgan fingerprint density at radius 2 is 1.85 bits per heavy atom. The predicted molar refractivity (Wildman–Crippen MR) is 81.7 cm³/mol. The monoisotopic (exact) mass is 278 g/mol. The molecule has 5 unspecified atom stereocenters. The number of piperidine rings is 2. The normalized spacial score (nSPS) is 44.4. The molecule has 0 amide bonds. The van der Waals surface area contributed by atoms with Gasteiger partial charge in [-0.2, -0.15) is 0 Å². The molecule has 0 aromatic heterocycles. The molecule has 2 aliphatic heterocycles. The van der Waals surface area contributed by atoms with Crippen LogP contribution in [0.1, 0.15) is 46.0 Å². The molecule has 0 aromatic carbocycles. The van der Waals surface area contributed by atoms with Crippen molar-refractivity contribution in [1.29, 1.82) is 0 Å². The third-order valence-electron chi connectivity index (χ3n) is 6.05. The summed E-state index contributed by atoms with van der Waals surface area (Å²) in [7, 11) is 2.28. The molecule has 2 heterocycles. The highest BCUT2D eigenvalue weighted by Gasteiger charge is 2.39. The third-order valence-corrected chi connectivity index (χ3v) is 6.05. The van der Waals surface area contributed by atoms with Gasteiger partial charge in [0.25, 0.3) is 0 Å². The lowest BCUT2D eigenvalue weighted by atomic mass is 9.71. The molecule has 3 rings (SSSR count). The Labute approximate surface area is 123 Å². The van der Waals surface area contributed by atoms with Crippen LogP contribution in [0.5, 0.6) is 0 Å². The molecule has 3 fully saturated rings. The van der Waals surface area contributed by atoms with E-state index in [4.69, 9.17) is 0 Å². The first kappa shape index (κ1) is 14.5. The lowest BCUT2D eigenvalue weighted by molar-refractivity contribution is -0.125. The number of Topliss-reactive ketones (excluding diaryl/α,β-unsaturated/α-hetero) is 1. The first-order valence-electron chi connectivity index (χ1n) is 8.49. The standard InChI is InChI=1S/C17H30N2O/c1-12-6-17(20)11-19(9-12)16-5-4-14-10-18(3)13(2)7-15(14)8-16/h12-16H,4-11H2,1-3H3. The Hall–Kier alpha value is -0.410. The van der Waals surface area contributed by atoms with E-state index in [1.807, 2.05) is 0 Å². The first-order valence-corrected chi connectivity index (χ1v) is 8.49. The number of hydrogen-bond donors (Lipinski definition) is 0. The Morgan fingerprint density at radius 1 is 1.05 bits per heavy atom. The summed E-state index contributed by atoms with van der Waals surface area (Å²) in [6.45, 7) is 7.75. The van der Waals surface area contributed by atoms with Gasteiger partial charge in [-0.1, -0.05) is 6.92 Å². The lowest BCUT2D eigenvalue weighted by Gasteiger charge is -2.48. The van der Waals surface area contributed by atoms with E-state index < -0.39 is 0 Å². The van der Waals surface area contributed by atoms with Gasteiger partial charge < -0.3 is 4.90 Å². The van der Waals surface area contributed by atoms with Crippen LogP contribution in [-0.2, 0) is 4.79 Å². The molecule has 0 aromatic rings. The molecule has 0 radical (unpaired) electrons. The molecule has 1 saturated carbocycles. The van der Waals surface area contributed by atoms with Gasteiger partial charge in [0.05, 0.1) is 6.54 Å². The van der Waals surface area contributed by atoms with Gasteiger partial charge in [-0.05, 0) is 57.4 Å². The van der Waals surface area contributed by atoms with Crippen LogP contribution in [0.15, 0.2) is 0 Å². The number of hydrogen-bond acceptors (Lipinski definition) is 3. The molecule has 114 valence electrons. The van der Waals surface area contributed by atoms with E-state index in [0.29, 0.717) is 17.7 Å². The van der Waals surface area contributed by atoms with Gasteiger partial charge >= 0.3 is 0 Å². The van der Waals surface area contributed by atoms with Crippen molar-refractivity contribution in [3.8, 4) is 0 Å². The summed E-state index contributed by atoms with van der Waals surface area (Å²) in [6, 6.07) is 1.41. The molecule has 3 aliphatic rings. The molecule has 5 atom stereocenters. The topological polar surface area (TPSA) is 23.6 Å². The van der Waals surface area contributed by atoms with Crippen LogP contribution in [-0.4, -0.2) is 54.3 Å². The summed E-state index contributed by atoms with van der Waals surface area (Å²) < 4.78 is 0. The molecule has 3 nitrogen and oxygen atoms in total. The molecule has 20 heavy (non-hydrogen) atoms. The molecule has 2 saturated heterocycles. The van der Waals surface area contributed by atoms with Crippen LogP contribution in [0, 0.1) is 17.8 Å². The Bertz CT molecular complexity index is 370. The minimum Gasteiger partial charge on any atom is -0.303 e. The Balaban J connectivity index is 1.62. The smallest absolute Gasteiger partial charge is 0.147 e. The van der Waals surface area contributed by atoms with Crippen LogP contribution in [0.2, 0.25) is 0 Å². The summed E-state index contributed by atoms with van der Waals surface area (Å²) in [5.74, 6) is 2.82. The lowest BCUT2D eigenvalue weighted by Crippen LogP contribution is -2.52. The minimum atomic E-state index is 0.461. The van der Waals surface area contributed by atoms with Gasteiger partial charge in [0.15, 0.2) is 0 Å². The van der Waals surface area contributed by atoms with E-state index >= 15 is 0 Å². The number of carbonyl (C=O) groups is 1. The number of likely N-dealkylation sites (tertiary alicyclic amines) is 2. The molecule has 0 N–H and O–H groups in total. The highest BCUT2D eigenvalue weighted by atomic mass is 16.1. The molecule has 3 heteroatoms. The first-order chi connectivity index (χ1) is 9.52. The maximum atomic E-state index is 11.9. The van der Waals surface area contributed by atoms with E-state index in [0.717, 1.165) is 37.4 Å². The van der Waals surface area contributed by atoms with Crippen molar-refractivity contribution in [2.75, 3.05) is 26.7 Å². The Kier molecular flexibility index (Phi) is 4.19. The fourth-order valence-corrected chi connectivity index (χ4v) is 4.82. The molecule has 0 spiro atoms. The summed E-state index contributed by atoms with van der Waals surface area (Å²) in [5, 5.41) is 0. The van der Waals surface area contributed by atoms with Crippen LogP contribution in [0.4, 0.5) is 0 Å². The van der Waals surface area contributed by atoms with Crippen molar-refractivity contribution in [2.24, 2.45) is 17.8 Å².